The number of methoxy groups -OCH3 is 2. The summed E-state index contributed by atoms with van der Waals surface area (Å²) in [6, 6.07) is 23.3. The molecule has 0 spiro atoms. The number of nitrogens with one attached hydrogen (secondary N) is 2. The summed E-state index contributed by atoms with van der Waals surface area (Å²) < 4.78 is 22.9. The molecule has 4 aromatic carbocycles. The number of hydrogen-bond acceptors (Lipinski definition) is 10. The number of hydrogen-bond donors (Lipinski definition) is 2. The van der Waals surface area contributed by atoms with Crippen LogP contribution < -0.4 is 29.8 Å². The third-order valence-electron chi connectivity index (χ3n) is 7.59. The van der Waals surface area contributed by atoms with Crippen LogP contribution in [0.15, 0.2) is 104 Å². The number of benzene rings is 4. The zero-order valence-electron chi connectivity index (χ0n) is 29.1. The van der Waals surface area contributed by atoms with Gasteiger partial charge in [0.2, 0.25) is 11.8 Å². The Morgan fingerprint density at radius 2 is 0.943 bits per heavy atom. The molecule has 14 heteroatoms. The number of carbonyl (C=O) groups is 4. The molecule has 0 saturated heterocycles. The van der Waals surface area contributed by atoms with Crippen molar-refractivity contribution in [3.05, 3.63) is 116 Å². The molecule has 0 bridgehead atoms. The number of hydrazone groups is 2. The van der Waals surface area contributed by atoms with E-state index in [1.54, 1.807) is 99.1 Å². The predicted molar refractivity (Wildman–Crippen MR) is 208 cm³/mol. The highest BCUT2D eigenvalue weighted by Gasteiger charge is 2.14. The first kappa shape index (κ1) is 40.4. The molecule has 0 heterocycles. The lowest BCUT2D eigenvalue weighted by atomic mass is 10.1. The minimum Gasteiger partial charge on any atom is -0.497 e. The Morgan fingerprint density at radius 1 is 0.566 bits per heavy atom. The molecular formula is C39H38Br2N4O8. The fourth-order valence-electron chi connectivity index (χ4n) is 4.76. The Morgan fingerprint density at radius 3 is 1.32 bits per heavy atom. The summed E-state index contributed by atoms with van der Waals surface area (Å²) in [6.07, 6.45) is 7.23. The van der Waals surface area contributed by atoms with E-state index in [4.69, 9.17) is 18.9 Å². The summed E-state index contributed by atoms with van der Waals surface area (Å²) in [5.41, 5.74) is 6.75. The van der Waals surface area contributed by atoms with E-state index in [2.05, 4.69) is 52.9 Å². The van der Waals surface area contributed by atoms with E-state index in [-0.39, 0.29) is 36.2 Å². The molecule has 0 fully saturated rings. The van der Waals surface area contributed by atoms with Crippen LogP contribution >= 0.6 is 31.9 Å². The summed E-state index contributed by atoms with van der Waals surface area (Å²) in [7, 11) is 3.09. The largest absolute Gasteiger partial charge is 0.497 e. The van der Waals surface area contributed by atoms with Gasteiger partial charge in [-0.1, -0.05) is 51.1 Å². The third-order valence-corrected chi connectivity index (χ3v) is 8.58. The topological polar surface area (TPSA) is 154 Å². The van der Waals surface area contributed by atoms with Crippen molar-refractivity contribution in [2.45, 2.75) is 44.9 Å². The molecule has 0 aliphatic heterocycles. The molecule has 0 unspecified atom stereocenters. The predicted octanol–water partition coefficient (Wildman–Crippen LogP) is 8.00. The number of unbranched alkanes of at least 4 members (excludes halogenated alkanes) is 4. The second kappa shape index (κ2) is 21.2. The van der Waals surface area contributed by atoms with E-state index in [0.29, 0.717) is 46.6 Å². The number of esters is 2. The van der Waals surface area contributed by atoms with Gasteiger partial charge in [-0.05, 0) is 97.8 Å². The average Bonchev–Trinajstić information content (AvgIpc) is 3.16. The monoisotopic (exact) mass is 848 g/mol. The summed E-state index contributed by atoms with van der Waals surface area (Å²) in [5, 5.41) is 8.08. The molecule has 0 aliphatic carbocycles. The van der Waals surface area contributed by atoms with E-state index < -0.39 is 11.9 Å². The van der Waals surface area contributed by atoms with Crippen LogP contribution in [0.2, 0.25) is 0 Å². The first-order valence-corrected chi connectivity index (χ1v) is 18.2. The summed E-state index contributed by atoms with van der Waals surface area (Å²) in [5.74, 6) is 0.259. The zero-order chi connectivity index (χ0) is 38.0. The molecule has 2 N–H and O–H groups in total. The number of amides is 2. The SMILES string of the molecule is COc1ccc(C(=O)Oc2ccc(Br)cc2/C=N/NC(=O)CCCCCCCC(=O)N/N=C/c2cc(Br)ccc2OC(=O)c2ccc(OC)cc2)cc1. The van der Waals surface area contributed by atoms with Crippen LogP contribution in [0.4, 0.5) is 0 Å². The number of halogens is 2. The van der Waals surface area contributed by atoms with Gasteiger partial charge in [0.05, 0.1) is 37.8 Å². The molecule has 0 aromatic heterocycles. The maximum Gasteiger partial charge on any atom is 0.343 e. The molecule has 4 aromatic rings. The molecule has 4 rings (SSSR count). The van der Waals surface area contributed by atoms with Crippen LogP contribution in [0.3, 0.4) is 0 Å². The Balaban J connectivity index is 1.12. The van der Waals surface area contributed by atoms with E-state index in [1.807, 2.05) is 0 Å². The summed E-state index contributed by atoms with van der Waals surface area (Å²) in [6.45, 7) is 0. The van der Waals surface area contributed by atoms with Gasteiger partial charge in [0, 0.05) is 32.9 Å². The maximum atomic E-state index is 12.6. The van der Waals surface area contributed by atoms with Gasteiger partial charge < -0.3 is 18.9 Å². The van der Waals surface area contributed by atoms with Gasteiger partial charge in [-0.2, -0.15) is 10.2 Å². The number of carbonyl (C=O) groups excluding carboxylic acids is 4. The van der Waals surface area contributed by atoms with E-state index >= 15 is 0 Å². The fourth-order valence-corrected chi connectivity index (χ4v) is 5.52. The molecule has 0 radical (unpaired) electrons. The first-order chi connectivity index (χ1) is 25.6. The number of ether oxygens (including phenoxy) is 4. The van der Waals surface area contributed by atoms with Crippen LogP contribution in [0, 0.1) is 0 Å². The smallest absolute Gasteiger partial charge is 0.343 e. The van der Waals surface area contributed by atoms with E-state index in [1.165, 1.54) is 12.4 Å². The van der Waals surface area contributed by atoms with Crippen molar-refractivity contribution in [1.82, 2.24) is 10.9 Å². The minimum atomic E-state index is -0.541. The highest BCUT2D eigenvalue weighted by molar-refractivity contribution is 9.10. The molecule has 0 saturated carbocycles. The molecular weight excluding hydrogens is 812 g/mol. The van der Waals surface area contributed by atoms with Crippen LogP contribution in [-0.4, -0.2) is 50.4 Å². The van der Waals surface area contributed by atoms with E-state index in [9.17, 15) is 19.2 Å². The molecule has 2 amide bonds. The minimum absolute atomic E-state index is 0.241. The van der Waals surface area contributed by atoms with Gasteiger partial charge in [0.1, 0.15) is 23.0 Å². The molecule has 0 atom stereocenters. The lowest BCUT2D eigenvalue weighted by Crippen LogP contribution is -2.17. The van der Waals surface area contributed by atoms with Crippen molar-refractivity contribution in [2.24, 2.45) is 10.2 Å². The summed E-state index contributed by atoms with van der Waals surface area (Å²) in [4.78, 5) is 49.9. The first-order valence-electron chi connectivity index (χ1n) is 16.6. The van der Waals surface area contributed by atoms with Gasteiger partial charge in [0.25, 0.3) is 0 Å². The second-order valence-electron chi connectivity index (χ2n) is 11.5. The Bertz CT molecular complexity index is 1790. The fraction of sp³-hybridized carbons (Fsp3) is 0.231. The van der Waals surface area contributed by atoms with Crippen molar-refractivity contribution < 1.29 is 38.1 Å². The Labute approximate surface area is 324 Å². The zero-order valence-corrected chi connectivity index (χ0v) is 32.3. The van der Waals surface area contributed by atoms with Crippen LogP contribution in [0.5, 0.6) is 23.0 Å². The van der Waals surface area contributed by atoms with Crippen LogP contribution in [0.1, 0.15) is 76.8 Å². The van der Waals surface area contributed by atoms with Crippen molar-refractivity contribution >= 4 is 68.0 Å². The average molecular weight is 851 g/mol. The molecule has 53 heavy (non-hydrogen) atoms. The number of rotatable bonds is 18. The maximum absolute atomic E-state index is 12.6. The molecule has 12 nitrogen and oxygen atoms in total. The highest BCUT2D eigenvalue weighted by atomic mass is 79.9. The quantitative estimate of drug-likeness (QED) is 0.0336. The van der Waals surface area contributed by atoms with Gasteiger partial charge in [0.15, 0.2) is 0 Å². The molecule has 0 aliphatic rings. The van der Waals surface area contributed by atoms with Crippen LogP contribution in [-0.2, 0) is 9.59 Å². The number of nitrogens with zero attached hydrogens (tertiary/aromatic N) is 2. The van der Waals surface area contributed by atoms with Gasteiger partial charge in [-0.25, -0.2) is 20.4 Å². The van der Waals surface area contributed by atoms with Gasteiger partial charge >= 0.3 is 11.9 Å². The van der Waals surface area contributed by atoms with Gasteiger partial charge in [-0.15, -0.1) is 0 Å². The standard InChI is InChI=1S/C39H38Br2N4O8/c1-50-32-16-10-26(11-17-32)38(48)52-34-20-14-30(40)22-28(34)24-42-44-36(46)8-6-4-3-5-7-9-37(47)45-43-25-29-23-31(41)15-21-35(29)53-39(49)27-12-18-33(51-2)19-13-27/h10-25H,3-9H2,1-2H3,(H,44,46)(H,45,47)/b42-24+,43-25+. The van der Waals surface area contributed by atoms with Crippen LogP contribution in [0.25, 0.3) is 0 Å². The normalized spacial score (nSPS) is 10.9. The van der Waals surface area contributed by atoms with E-state index in [0.717, 1.165) is 28.2 Å². The second-order valence-corrected chi connectivity index (χ2v) is 13.3. The van der Waals surface area contributed by atoms with Crippen molar-refractivity contribution in [2.75, 3.05) is 14.2 Å². The third kappa shape index (κ3) is 13.6. The highest BCUT2D eigenvalue weighted by Crippen LogP contribution is 2.25. The van der Waals surface area contributed by atoms with Crippen molar-refractivity contribution in [3.8, 4) is 23.0 Å². The summed E-state index contributed by atoms with van der Waals surface area (Å²) >= 11 is 6.81. The molecule has 276 valence electrons. The Kier molecular flexibility index (Phi) is 16.2. The lowest BCUT2D eigenvalue weighted by Gasteiger charge is -2.09. The van der Waals surface area contributed by atoms with Crippen molar-refractivity contribution in [3.63, 3.8) is 0 Å². The lowest BCUT2D eigenvalue weighted by molar-refractivity contribution is -0.121. The van der Waals surface area contributed by atoms with Crippen molar-refractivity contribution in [1.29, 1.82) is 0 Å². The Hall–Kier alpha value is -5.34. The van der Waals surface area contributed by atoms with Gasteiger partial charge in [-0.3, -0.25) is 9.59 Å².